The van der Waals surface area contributed by atoms with Crippen molar-refractivity contribution in [1.82, 2.24) is 4.83 Å². The van der Waals surface area contributed by atoms with E-state index in [-0.39, 0.29) is 4.90 Å². The maximum Gasteiger partial charge on any atom is 0.276 e. The molecule has 7 heteroatoms. The van der Waals surface area contributed by atoms with Crippen LogP contribution in [0.15, 0.2) is 82.8 Å². The number of nitrogens with zero attached hydrogens (tertiary/aromatic N) is 1. The van der Waals surface area contributed by atoms with Crippen molar-refractivity contribution in [3.05, 3.63) is 89.5 Å². The summed E-state index contributed by atoms with van der Waals surface area (Å²) in [6.07, 6.45) is 8.66. The van der Waals surface area contributed by atoms with E-state index in [0.717, 1.165) is 28.9 Å². The van der Waals surface area contributed by atoms with Crippen LogP contribution in [0, 0.1) is 6.92 Å². The summed E-state index contributed by atoms with van der Waals surface area (Å²) in [7, 11) is -2.22. The van der Waals surface area contributed by atoms with Gasteiger partial charge in [0.2, 0.25) is 0 Å². The second-order valence-corrected chi connectivity index (χ2v) is 10.8. The molecule has 37 heavy (non-hydrogen) atoms. The van der Waals surface area contributed by atoms with Gasteiger partial charge in [-0.2, -0.15) is 18.4 Å². The molecule has 0 atom stereocenters. The van der Waals surface area contributed by atoms with Crippen molar-refractivity contribution in [2.24, 2.45) is 5.10 Å². The number of sulfonamides is 1. The molecule has 0 saturated heterocycles. The maximum atomic E-state index is 12.9. The smallest absolute Gasteiger partial charge is 0.276 e. The van der Waals surface area contributed by atoms with Crippen molar-refractivity contribution in [3.8, 4) is 11.5 Å². The zero-order valence-electron chi connectivity index (χ0n) is 22.1. The third-order valence-electron chi connectivity index (χ3n) is 6.12. The van der Waals surface area contributed by atoms with Gasteiger partial charge in [-0.1, -0.05) is 63.1 Å². The average Bonchev–Trinajstić information content (AvgIpc) is 2.91. The summed E-state index contributed by atoms with van der Waals surface area (Å²) in [5, 5.41) is 4.33. The lowest BCUT2D eigenvalue weighted by molar-refractivity contribution is 0.304. The molecule has 0 amide bonds. The minimum absolute atomic E-state index is 0.157. The highest BCUT2D eigenvalue weighted by Crippen LogP contribution is 2.20. The quantitative estimate of drug-likeness (QED) is 0.134. The first kappa shape index (κ1) is 28.3. The van der Waals surface area contributed by atoms with E-state index in [1.165, 1.54) is 38.5 Å². The summed E-state index contributed by atoms with van der Waals surface area (Å²) in [6.45, 7) is 4.82. The standard InChI is InChI=1S/C30H38N2O4S/c1-4-5-6-7-8-9-10-23-36-28-19-15-26(16-20-28)30(25-13-17-27(35-3)18-14-25)31-32-37(33,34)29-21-11-24(2)12-22-29/h11-22,32H,4-10,23H2,1-3H3. The Balaban J connectivity index is 1.71. The van der Waals surface area contributed by atoms with Gasteiger partial charge in [0, 0.05) is 11.1 Å². The zero-order chi connectivity index (χ0) is 26.5. The Morgan fingerprint density at radius 1 is 0.757 bits per heavy atom. The Labute approximate surface area is 221 Å². The van der Waals surface area contributed by atoms with Crippen LogP contribution in [0.4, 0.5) is 0 Å². The predicted molar refractivity (Wildman–Crippen MR) is 150 cm³/mol. The second-order valence-electron chi connectivity index (χ2n) is 9.09. The second kappa shape index (κ2) is 14.4. The van der Waals surface area contributed by atoms with Crippen LogP contribution in [0.2, 0.25) is 0 Å². The minimum Gasteiger partial charge on any atom is -0.497 e. The number of aryl methyl sites for hydroxylation is 1. The fraction of sp³-hybridized carbons (Fsp3) is 0.367. The SMILES string of the molecule is CCCCCCCCCOc1ccc(C(=NNS(=O)(=O)c2ccc(C)cc2)c2ccc(OC)cc2)cc1. The molecule has 1 N–H and O–H groups in total. The molecule has 0 aliphatic rings. The topological polar surface area (TPSA) is 77.0 Å². The number of rotatable bonds is 15. The van der Waals surface area contributed by atoms with Crippen molar-refractivity contribution >= 4 is 15.7 Å². The molecule has 3 rings (SSSR count). The summed E-state index contributed by atoms with van der Waals surface area (Å²) in [4.78, 5) is 2.56. The van der Waals surface area contributed by atoms with Crippen LogP contribution in [0.5, 0.6) is 11.5 Å². The van der Waals surface area contributed by atoms with Gasteiger partial charge in [-0.25, -0.2) is 0 Å². The van der Waals surface area contributed by atoms with Crippen LogP contribution in [-0.4, -0.2) is 27.8 Å². The molecule has 3 aromatic rings. The van der Waals surface area contributed by atoms with Crippen molar-refractivity contribution in [3.63, 3.8) is 0 Å². The summed E-state index contributed by atoms with van der Waals surface area (Å²) in [6, 6.07) is 21.6. The number of nitrogens with one attached hydrogen (secondary N) is 1. The fourth-order valence-electron chi connectivity index (χ4n) is 3.88. The van der Waals surface area contributed by atoms with Crippen molar-refractivity contribution < 1.29 is 17.9 Å². The lowest BCUT2D eigenvalue weighted by Gasteiger charge is -2.11. The van der Waals surface area contributed by atoms with E-state index >= 15 is 0 Å². The minimum atomic E-state index is -3.82. The van der Waals surface area contributed by atoms with E-state index in [4.69, 9.17) is 9.47 Å². The number of benzene rings is 3. The van der Waals surface area contributed by atoms with Crippen LogP contribution >= 0.6 is 0 Å². The van der Waals surface area contributed by atoms with Gasteiger partial charge in [-0.05, 0) is 74.0 Å². The van der Waals surface area contributed by atoms with Crippen LogP contribution in [-0.2, 0) is 10.0 Å². The molecule has 0 fully saturated rings. The zero-order valence-corrected chi connectivity index (χ0v) is 22.9. The summed E-state index contributed by atoms with van der Waals surface area (Å²) < 4.78 is 36.9. The Morgan fingerprint density at radius 3 is 1.86 bits per heavy atom. The highest BCUT2D eigenvalue weighted by molar-refractivity contribution is 7.89. The maximum absolute atomic E-state index is 12.9. The van der Waals surface area contributed by atoms with Gasteiger partial charge < -0.3 is 9.47 Å². The highest BCUT2D eigenvalue weighted by Gasteiger charge is 2.15. The molecule has 6 nitrogen and oxygen atoms in total. The first-order chi connectivity index (χ1) is 17.9. The summed E-state index contributed by atoms with van der Waals surface area (Å²) >= 11 is 0. The van der Waals surface area contributed by atoms with Crippen LogP contribution < -0.4 is 14.3 Å². The third kappa shape index (κ3) is 8.93. The van der Waals surface area contributed by atoms with Gasteiger partial charge in [-0.15, -0.1) is 0 Å². The molecule has 0 saturated carbocycles. The molecular formula is C30H38N2O4S. The molecule has 0 aromatic heterocycles. The van der Waals surface area contributed by atoms with Gasteiger partial charge in [0.25, 0.3) is 10.0 Å². The molecule has 0 spiro atoms. The van der Waals surface area contributed by atoms with E-state index in [2.05, 4.69) is 16.9 Å². The number of hydrogen-bond donors (Lipinski definition) is 1. The van der Waals surface area contributed by atoms with Gasteiger partial charge in [0.1, 0.15) is 11.5 Å². The van der Waals surface area contributed by atoms with Gasteiger partial charge in [0.05, 0.1) is 24.3 Å². The van der Waals surface area contributed by atoms with Gasteiger partial charge in [0.15, 0.2) is 0 Å². The largest absolute Gasteiger partial charge is 0.497 e. The number of unbranched alkanes of at least 4 members (excludes halogenated alkanes) is 6. The number of ether oxygens (including phenoxy) is 2. The van der Waals surface area contributed by atoms with E-state index in [0.29, 0.717) is 18.1 Å². The Morgan fingerprint density at radius 2 is 1.30 bits per heavy atom. The monoisotopic (exact) mass is 522 g/mol. The van der Waals surface area contributed by atoms with Crippen LogP contribution in [0.25, 0.3) is 0 Å². The van der Waals surface area contributed by atoms with E-state index in [1.807, 2.05) is 55.5 Å². The van der Waals surface area contributed by atoms with Crippen LogP contribution in [0.3, 0.4) is 0 Å². The average molecular weight is 523 g/mol. The molecule has 0 aliphatic carbocycles. The van der Waals surface area contributed by atoms with Crippen molar-refractivity contribution in [2.75, 3.05) is 13.7 Å². The molecule has 0 aliphatic heterocycles. The third-order valence-corrected chi connectivity index (χ3v) is 7.34. The molecule has 0 bridgehead atoms. The summed E-state index contributed by atoms with van der Waals surface area (Å²) in [5.74, 6) is 1.49. The van der Waals surface area contributed by atoms with Gasteiger partial charge in [-0.3, -0.25) is 0 Å². The molecular weight excluding hydrogens is 484 g/mol. The molecule has 0 unspecified atom stereocenters. The Bertz CT molecular complexity index is 1220. The lowest BCUT2D eigenvalue weighted by atomic mass is 10.0. The Hall–Kier alpha value is -3.32. The van der Waals surface area contributed by atoms with Crippen molar-refractivity contribution in [2.45, 2.75) is 63.7 Å². The van der Waals surface area contributed by atoms with Crippen LogP contribution in [0.1, 0.15) is 68.6 Å². The Kier molecular flexibility index (Phi) is 11.0. The molecule has 0 heterocycles. The van der Waals surface area contributed by atoms with Crippen molar-refractivity contribution in [1.29, 1.82) is 0 Å². The predicted octanol–water partition coefficient (Wildman–Crippen LogP) is 6.86. The van der Waals surface area contributed by atoms with E-state index in [1.54, 1.807) is 31.4 Å². The number of hydrogen-bond acceptors (Lipinski definition) is 5. The summed E-state index contributed by atoms with van der Waals surface area (Å²) in [5.41, 5.74) is 3.00. The molecule has 0 radical (unpaired) electrons. The van der Waals surface area contributed by atoms with E-state index < -0.39 is 10.0 Å². The first-order valence-corrected chi connectivity index (χ1v) is 14.4. The number of methoxy groups -OCH3 is 1. The van der Waals surface area contributed by atoms with Gasteiger partial charge >= 0.3 is 0 Å². The number of hydrazone groups is 1. The first-order valence-electron chi connectivity index (χ1n) is 13.0. The highest BCUT2D eigenvalue weighted by atomic mass is 32.2. The molecule has 3 aromatic carbocycles. The normalized spacial score (nSPS) is 11.8. The molecule has 198 valence electrons. The van der Waals surface area contributed by atoms with E-state index in [9.17, 15) is 8.42 Å². The fourth-order valence-corrected chi connectivity index (χ4v) is 4.69. The lowest BCUT2D eigenvalue weighted by Crippen LogP contribution is -2.21.